The quantitative estimate of drug-likeness (QED) is 0.569. The monoisotopic (exact) mass is 280 g/mol. The zero-order chi connectivity index (χ0) is 14.8. The molecule has 0 aliphatic carbocycles. The molecule has 8 heteroatoms. The first kappa shape index (κ1) is 17.1. The molecule has 0 aromatic heterocycles. The van der Waals surface area contributed by atoms with Gasteiger partial charge in [0, 0.05) is 5.41 Å². The van der Waals surface area contributed by atoms with Gasteiger partial charge in [0.2, 0.25) is 0 Å². The summed E-state index contributed by atoms with van der Waals surface area (Å²) >= 11 is 0. The minimum absolute atomic E-state index is 0.585. The summed E-state index contributed by atoms with van der Waals surface area (Å²) in [5.41, 5.74) is -1.66. The SMILES string of the molecule is COC(=O)CC(C)(C)C(F)CC(F)(F)C(F)(F)F. The highest BCUT2D eigenvalue weighted by molar-refractivity contribution is 5.70. The summed E-state index contributed by atoms with van der Waals surface area (Å²) in [7, 11) is 1.01. The van der Waals surface area contributed by atoms with E-state index < -0.39 is 42.5 Å². The number of hydrogen-bond donors (Lipinski definition) is 0. The number of carbonyl (C=O) groups is 1. The number of halogens is 6. The van der Waals surface area contributed by atoms with E-state index in [2.05, 4.69) is 4.74 Å². The Morgan fingerprint density at radius 3 is 1.94 bits per heavy atom. The van der Waals surface area contributed by atoms with E-state index in [4.69, 9.17) is 0 Å². The van der Waals surface area contributed by atoms with E-state index in [0.717, 1.165) is 21.0 Å². The van der Waals surface area contributed by atoms with E-state index in [-0.39, 0.29) is 0 Å². The van der Waals surface area contributed by atoms with Gasteiger partial charge in [0.1, 0.15) is 6.17 Å². The fourth-order valence-corrected chi connectivity index (χ4v) is 1.17. The smallest absolute Gasteiger partial charge is 0.453 e. The second kappa shape index (κ2) is 5.36. The third-order valence-corrected chi connectivity index (χ3v) is 2.53. The van der Waals surface area contributed by atoms with Crippen molar-refractivity contribution < 1.29 is 35.9 Å². The predicted octanol–water partition coefficient (Wildman–Crippen LogP) is 3.50. The van der Waals surface area contributed by atoms with Gasteiger partial charge in [-0.2, -0.15) is 22.0 Å². The summed E-state index contributed by atoms with van der Waals surface area (Å²) in [6.45, 7) is 2.17. The average Bonchev–Trinajstić information content (AvgIpc) is 2.14. The van der Waals surface area contributed by atoms with E-state index >= 15 is 0 Å². The number of rotatable bonds is 5. The van der Waals surface area contributed by atoms with Crippen molar-refractivity contribution in [3.8, 4) is 0 Å². The topological polar surface area (TPSA) is 26.3 Å². The Balaban J connectivity index is 4.75. The van der Waals surface area contributed by atoms with Crippen LogP contribution in [0.3, 0.4) is 0 Å². The van der Waals surface area contributed by atoms with E-state index in [9.17, 15) is 31.1 Å². The van der Waals surface area contributed by atoms with Crippen LogP contribution in [0.2, 0.25) is 0 Å². The van der Waals surface area contributed by atoms with Gasteiger partial charge in [-0.05, 0) is 0 Å². The predicted molar refractivity (Wildman–Crippen MR) is 50.9 cm³/mol. The number of ether oxygens (including phenoxy) is 1. The van der Waals surface area contributed by atoms with Gasteiger partial charge < -0.3 is 4.74 Å². The van der Waals surface area contributed by atoms with Gasteiger partial charge in [-0.25, -0.2) is 4.39 Å². The normalized spacial score (nSPS) is 15.4. The zero-order valence-corrected chi connectivity index (χ0v) is 10.1. The standard InChI is InChI=1S/C10H14F6O2/c1-8(2,5-7(17)18-3)6(11)4-9(12,13)10(14,15)16/h6H,4-5H2,1-3H3. The second-order valence-corrected chi connectivity index (χ2v) is 4.62. The largest absolute Gasteiger partial charge is 0.469 e. The van der Waals surface area contributed by atoms with Crippen molar-refractivity contribution >= 4 is 5.97 Å². The molecule has 0 aromatic carbocycles. The van der Waals surface area contributed by atoms with Crippen molar-refractivity contribution in [2.75, 3.05) is 7.11 Å². The Bertz CT molecular complexity index is 297. The van der Waals surface area contributed by atoms with Gasteiger partial charge in [0.15, 0.2) is 0 Å². The highest BCUT2D eigenvalue weighted by Crippen LogP contribution is 2.43. The highest BCUT2D eigenvalue weighted by Gasteiger charge is 2.59. The number of methoxy groups -OCH3 is 1. The van der Waals surface area contributed by atoms with Crippen molar-refractivity contribution in [3.05, 3.63) is 0 Å². The molecule has 0 amide bonds. The van der Waals surface area contributed by atoms with E-state index in [1.807, 2.05) is 0 Å². The highest BCUT2D eigenvalue weighted by atomic mass is 19.4. The molecular formula is C10H14F6O2. The summed E-state index contributed by atoms with van der Waals surface area (Å²) in [5.74, 6) is -6.00. The maximum absolute atomic E-state index is 13.5. The minimum atomic E-state index is -5.81. The van der Waals surface area contributed by atoms with Gasteiger partial charge in [0.25, 0.3) is 0 Å². The molecule has 0 saturated heterocycles. The summed E-state index contributed by atoms with van der Waals surface area (Å²) in [4.78, 5) is 10.9. The van der Waals surface area contributed by atoms with Gasteiger partial charge in [-0.15, -0.1) is 0 Å². The molecule has 0 aliphatic rings. The lowest BCUT2D eigenvalue weighted by Crippen LogP contribution is -2.42. The van der Waals surface area contributed by atoms with Crippen LogP contribution < -0.4 is 0 Å². The maximum Gasteiger partial charge on any atom is 0.453 e. The number of carbonyl (C=O) groups excluding carboxylic acids is 1. The van der Waals surface area contributed by atoms with Crippen LogP contribution in [0.25, 0.3) is 0 Å². The van der Waals surface area contributed by atoms with Crippen LogP contribution in [0, 0.1) is 5.41 Å². The first-order valence-corrected chi connectivity index (χ1v) is 4.99. The fraction of sp³-hybridized carbons (Fsp3) is 0.900. The zero-order valence-electron chi connectivity index (χ0n) is 10.1. The van der Waals surface area contributed by atoms with Crippen LogP contribution in [-0.4, -0.2) is 31.3 Å². The molecule has 1 unspecified atom stereocenters. The number of hydrogen-bond acceptors (Lipinski definition) is 2. The molecule has 0 fully saturated rings. The molecule has 108 valence electrons. The van der Waals surface area contributed by atoms with Crippen molar-refractivity contribution in [1.29, 1.82) is 0 Å². The van der Waals surface area contributed by atoms with E-state index in [1.54, 1.807) is 0 Å². The molecule has 0 N–H and O–H groups in total. The number of esters is 1. The first-order chi connectivity index (χ1) is 7.83. The van der Waals surface area contributed by atoms with Crippen molar-refractivity contribution in [2.45, 2.75) is 45.0 Å². The van der Waals surface area contributed by atoms with Crippen molar-refractivity contribution in [1.82, 2.24) is 0 Å². The van der Waals surface area contributed by atoms with Crippen molar-refractivity contribution in [3.63, 3.8) is 0 Å². The van der Waals surface area contributed by atoms with Gasteiger partial charge in [-0.1, -0.05) is 13.8 Å². The van der Waals surface area contributed by atoms with Crippen LogP contribution in [0.15, 0.2) is 0 Å². The molecule has 18 heavy (non-hydrogen) atoms. The van der Waals surface area contributed by atoms with Crippen LogP contribution in [0.5, 0.6) is 0 Å². The van der Waals surface area contributed by atoms with E-state index in [0.29, 0.717) is 0 Å². The summed E-state index contributed by atoms with van der Waals surface area (Å²) < 4.78 is 78.7. The average molecular weight is 280 g/mol. The molecule has 0 bridgehead atoms. The first-order valence-electron chi connectivity index (χ1n) is 4.99. The molecule has 0 spiro atoms. The Morgan fingerprint density at radius 1 is 1.17 bits per heavy atom. The van der Waals surface area contributed by atoms with Gasteiger partial charge >= 0.3 is 18.1 Å². The molecule has 0 saturated carbocycles. The Morgan fingerprint density at radius 2 is 1.61 bits per heavy atom. The van der Waals surface area contributed by atoms with Crippen LogP contribution in [0.1, 0.15) is 26.7 Å². The van der Waals surface area contributed by atoms with Crippen LogP contribution >= 0.6 is 0 Å². The third-order valence-electron chi connectivity index (χ3n) is 2.53. The molecule has 2 nitrogen and oxygen atoms in total. The Kier molecular flexibility index (Phi) is 5.07. The van der Waals surface area contributed by atoms with Gasteiger partial charge in [-0.3, -0.25) is 4.79 Å². The van der Waals surface area contributed by atoms with Crippen LogP contribution in [-0.2, 0) is 9.53 Å². The Hall–Kier alpha value is -0.950. The lowest BCUT2D eigenvalue weighted by Gasteiger charge is -2.30. The van der Waals surface area contributed by atoms with E-state index in [1.165, 1.54) is 0 Å². The summed E-state index contributed by atoms with van der Waals surface area (Å²) in [5, 5.41) is 0. The molecule has 0 rings (SSSR count). The van der Waals surface area contributed by atoms with Crippen molar-refractivity contribution in [2.24, 2.45) is 5.41 Å². The Labute approximate surface area is 100 Å². The van der Waals surface area contributed by atoms with Gasteiger partial charge in [0.05, 0.1) is 20.0 Å². The number of alkyl halides is 6. The lowest BCUT2D eigenvalue weighted by molar-refractivity contribution is -0.290. The molecular weight excluding hydrogens is 266 g/mol. The molecule has 0 heterocycles. The summed E-state index contributed by atoms with van der Waals surface area (Å²) in [6, 6.07) is 0. The lowest BCUT2D eigenvalue weighted by atomic mass is 9.81. The summed E-state index contributed by atoms with van der Waals surface area (Å²) in [6.07, 6.45) is -10.9. The molecule has 0 aliphatic heterocycles. The van der Waals surface area contributed by atoms with Crippen LogP contribution in [0.4, 0.5) is 26.3 Å². The second-order valence-electron chi connectivity index (χ2n) is 4.62. The minimum Gasteiger partial charge on any atom is -0.469 e. The maximum atomic E-state index is 13.5. The third kappa shape index (κ3) is 4.38. The molecule has 0 aromatic rings. The molecule has 1 atom stereocenters. The molecule has 0 radical (unpaired) electrons. The fourth-order valence-electron chi connectivity index (χ4n) is 1.17.